The predicted octanol–water partition coefficient (Wildman–Crippen LogP) is 4.53. The smallest absolute Gasteiger partial charge is 0.434 e. The second-order valence-electron chi connectivity index (χ2n) is 9.94. The number of halogens is 3. The first-order valence-corrected chi connectivity index (χ1v) is 12.7. The van der Waals surface area contributed by atoms with Gasteiger partial charge in [-0.2, -0.15) is 23.3 Å². The lowest BCUT2D eigenvalue weighted by Crippen LogP contribution is -2.38. The van der Waals surface area contributed by atoms with E-state index in [1.807, 2.05) is 0 Å². The molecule has 0 aliphatic carbocycles. The van der Waals surface area contributed by atoms with Crippen LogP contribution in [0.2, 0.25) is 0 Å². The van der Waals surface area contributed by atoms with Gasteiger partial charge in [-0.15, -0.1) is 0 Å². The zero-order chi connectivity index (χ0) is 28.4. The van der Waals surface area contributed by atoms with Gasteiger partial charge in [0.05, 0.1) is 17.9 Å². The molecule has 13 heteroatoms. The SMILES string of the molecule is Cc1ccc(-n2ncc(-c3nc(-c4ccc([C@@H](O)CN5CCC[C@H](CC(=O)O)C5)cc4)no3)c2C(F)(F)F)nc1. The van der Waals surface area contributed by atoms with Gasteiger partial charge in [-0.3, -0.25) is 4.79 Å². The first-order chi connectivity index (χ1) is 19.1. The first kappa shape index (κ1) is 27.5. The molecule has 0 spiro atoms. The van der Waals surface area contributed by atoms with Gasteiger partial charge in [-0.25, -0.2) is 9.67 Å². The molecule has 4 aromatic rings. The first-order valence-electron chi connectivity index (χ1n) is 12.7. The number of carboxylic acid groups (broad SMARTS) is 1. The number of carbonyl (C=O) groups is 1. The zero-order valence-corrected chi connectivity index (χ0v) is 21.5. The number of alkyl halides is 3. The third-order valence-electron chi connectivity index (χ3n) is 6.86. The van der Waals surface area contributed by atoms with Crippen LogP contribution in [0.3, 0.4) is 0 Å². The van der Waals surface area contributed by atoms with Crippen LogP contribution in [0.1, 0.15) is 42.2 Å². The quantitative estimate of drug-likeness (QED) is 0.321. The molecule has 40 heavy (non-hydrogen) atoms. The number of hydrogen-bond donors (Lipinski definition) is 2. The molecule has 1 fully saturated rings. The van der Waals surface area contributed by atoms with Gasteiger partial charge >= 0.3 is 12.1 Å². The average molecular weight is 557 g/mol. The lowest BCUT2D eigenvalue weighted by molar-refractivity contribution is -0.142. The van der Waals surface area contributed by atoms with Crippen LogP contribution in [-0.2, 0) is 11.0 Å². The highest BCUT2D eigenvalue weighted by atomic mass is 19.4. The number of aryl methyl sites for hydroxylation is 1. The Morgan fingerprint density at radius 3 is 2.62 bits per heavy atom. The molecule has 10 nitrogen and oxygen atoms in total. The van der Waals surface area contributed by atoms with Crippen LogP contribution in [0.15, 0.2) is 53.3 Å². The molecule has 5 rings (SSSR count). The lowest BCUT2D eigenvalue weighted by Gasteiger charge is -2.33. The predicted molar refractivity (Wildman–Crippen MR) is 136 cm³/mol. The summed E-state index contributed by atoms with van der Waals surface area (Å²) in [6.07, 6.45) is -1.26. The Morgan fingerprint density at radius 2 is 1.95 bits per heavy atom. The summed E-state index contributed by atoms with van der Waals surface area (Å²) in [5.74, 6) is -1.02. The van der Waals surface area contributed by atoms with Crippen molar-refractivity contribution < 1.29 is 32.7 Å². The number of pyridine rings is 1. The summed E-state index contributed by atoms with van der Waals surface area (Å²) in [7, 11) is 0. The highest BCUT2D eigenvalue weighted by Gasteiger charge is 2.41. The molecule has 1 aromatic carbocycles. The molecular weight excluding hydrogens is 529 g/mol. The maximum Gasteiger partial charge on any atom is 0.434 e. The summed E-state index contributed by atoms with van der Waals surface area (Å²) in [6.45, 7) is 3.54. The van der Waals surface area contributed by atoms with Gasteiger partial charge in [0, 0.05) is 31.3 Å². The van der Waals surface area contributed by atoms with Gasteiger partial charge in [-0.05, 0) is 49.4 Å². The average Bonchev–Trinajstić information content (AvgIpc) is 3.57. The largest absolute Gasteiger partial charge is 0.481 e. The van der Waals surface area contributed by atoms with Gasteiger partial charge < -0.3 is 19.6 Å². The fourth-order valence-electron chi connectivity index (χ4n) is 4.92. The lowest BCUT2D eigenvalue weighted by atomic mass is 9.94. The Morgan fingerprint density at radius 1 is 1.18 bits per heavy atom. The Bertz CT molecular complexity index is 1470. The summed E-state index contributed by atoms with van der Waals surface area (Å²) in [6, 6.07) is 9.77. The van der Waals surface area contributed by atoms with Crippen LogP contribution in [0.5, 0.6) is 0 Å². The summed E-state index contributed by atoms with van der Waals surface area (Å²) < 4.78 is 48.1. The number of piperidine rings is 1. The van der Waals surface area contributed by atoms with Gasteiger partial charge in [0.1, 0.15) is 0 Å². The van der Waals surface area contributed by atoms with Crippen molar-refractivity contribution in [3.8, 4) is 28.7 Å². The number of rotatable bonds is 8. The van der Waals surface area contributed by atoms with Crippen molar-refractivity contribution in [2.45, 2.75) is 38.5 Å². The molecular formula is C27H27F3N6O4. The van der Waals surface area contributed by atoms with Gasteiger partial charge in [0.2, 0.25) is 5.82 Å². The minimum absolute atomic E-state index is 0.0000183. The summed E-state index contributed by atoms with van der Waals surface area (Å²) in [5.41, 5.74) is 0.468. The number of benzene rings is 1. The van der Waals surface area contributed by atoms with Crippen LogP contribution in [0, 0.1) is 12.8 Å². The van der Waals surface area contributed by atoms with Crippen LogP contribution < -0.4 is 0 Å². The van der Waals surface area contributed by atoms with Crippen LogP contribution >= 0.6 is 0 Å². The molecule has 2 atom stereocenters. The Balaban J connectivity index is 1.32. The maximum atomic E-state index is 14.1. The molecule has 0 unspecified atom stereocenters. The number of β-amino-alcohol motifs (C(OH)–C–C–N with tert-alkyl or cyclic N) is 1. The van der Waals surface area contributed by atoms with Gasteiger partial charge in [0.25, 0.3) is 5.89 Å². The molecule has 0 amide bonds. The number of aliphatic hydroxyl groups is 1. The van der Waals surface area contributed by atoms with Gasteiger partial charge in [-0.1, -0.05) is 35.5 Å². The van der Waals surface area contributed by atoms with E-state index < -0.39 is 23.9 Å². The highest BCUT2D eigenvalue weighted by molar-refractivity contribution is 5.67. The van der Waals surface area contributed by atoms with E-state index in [9.17, 15) is 23.1 Å². The number of aliphatic hydroxyl groups excluding tert-OH is 1. The minimum atomic E-state index is -4.77. The van der Waals surface area contributed by atoms with Crippen molar-refractivity contribution >= 4 is 5.97 Å². The summed E-state index contributed by atoms with van der Waals surface area (Å²) in [5, 5.41) is 27.5. The fraction of sp³-hybridized carbons (Fsp3) is 0.370. The fourth-order valence-corrected chi connectivity index (χ4v) is 4.92. The molecule has 2 N–H and O–H groups in total. The Kier molecular flexibility index (Phi) is 7.68. The van der Waals surface area contributed by atoms with Crippen LogP contribution in [0.4, 0.5) is 13.2 Å². The number of likely N-dealkylation sites (tertiary alicyclic amines) is 1. The second-order valence-corrected chi connectivity index (χ2v) is 9.94. The zero-order valence-electron chi connectivity index (χ0n) is 21.5. The Labute approximate surface area is 227 Å². The molecule has 4 heterocycles. The topological polar surface area (TPSA) is 130 Å². The molecule has 210 valence electrons. The molecule has 1 aliphatic heterocycles. The molecule has 1 saturated heterocycles. The third kappa shape index (κ3) is 6.05. The van der Waals surface area contributed by atoms with Gasteiger partial charge in [0.15, 0.2) is 11.5 Å². The number of nitrogens with zero attached hydrogens (tertiary/aromatic N) is 6. The van der Waals surface area contributed by atoms with E-state index in [1.165, 1.54) is 12.3 Å². The van der Waals surface area contributed by atoms with Crippen LogP contribution in [-0.4, -0.2) is 65.6 Å². The van der Waals surface area contributed by atoms with Crippen molar-refractivity contribution in [3.63, 3.8) is 0 Å². The maximum absolute atomic E-state index is 14.1. The van der Waals surface area contributed by atoms with Crippen molar-refractivity contribution in [2.24, 2.45) is 5.92 Å². The van der Waals surface area contributed by atoms with E-state index in [0.29, 0.717) is 28.9 Å². The van der Waals surface area contributed by atoms with E-state index in [0.717, 1.165) is 31.1 Å². The standard InChI is InChI=1S/C27H27F3N6O4/c1-16-4-9-22(31-12-16)36-24(27(28,29)30)20(13-32-36)26-33-25(34-40-26)19-7-5-18(6-8-19)21(37)15-35-10-2-3-17(14-35)11-23(38)39/h4-9,12-13,17,21,37H,2-3,10-11,14-15H2,1H3,(H,38,39)/t17-,21+/m1/s1. The molecule has 0 radical (unpaired) electrons. The molecule has 0 saturated carbocycles. The molecule has 0 bridgehead atoms. The highest BCUT2D eigenvalue weighted by Crippen LogP contribution is 2.38. The molecule has 3 aromatic heterocycles. The number of aromatic nitrogens is 5. The van der Waals surface area contributed by atoms with Crippen molar-refractivity contribution in [1.29, 1.82) is 0 Å². The number of aliphatic carboxylic acids is 1. The monoisotopic (exact) mass is 556 g/mol. The van der Waals surface area contributed by atoms with E-state index in [2.05, 4.69) is 25.1 Å². The normalized spacial score (nSPS) is 17.2. The summed E-state index contributed by atoms with van der Waals surface area (Å²) in [4.78, 5) is 21.3. The van der Waals surface area contributed by atoms with E-state index in [1.54, 1.807) is 37.3 Å². The molecule has 1 aliphatic rings. The Hall–Kier alpha value is -4.10. The summed E-state index contributed by atoms with van der Waals surface area (Å²) >= 11 is 0. The second kappa shape index (κ2) is 11.2. The van der Waals surface area contributed by atoms with Crippen LogP contribution in [0.25, 0.3) is 28.7 Å². The van der Waals surface area contributed by atoms with E-state index in [-0.39, 0.29) is 35.4 Å². The number of carboxylic acids is 1. The van der Waals surface area contributed by atoms with E-state index in [4.69, 9.17) is 9.63 Å². The number of hydrogen-bond acceptors (Lipinski definition) is 8. The third-order valence-corrected chi connectivity index (χ3v) is 6.86. The van der Waals surface area contributed by atoms with Crippen molar-refractivity contribution in [2.75, 3.05) is 19.6 Å². The van der Waals surface area contributed by atoms with Crippen molar-refractivity contribution in [1.82, 2.24) is 29.8 Å². The van der Waals surface area contributed by atoms with E-state index >= 15 is 0 Å². The minimum Gasteiger partial charge on any atom is -0.481 e. The van der Waals surface area contributed by atoms with Crippen molar-refractivity contribution in [3.05, 3.63) is 65.6 Å².